The van der Waals surface area contributed by atoms with E-state index in [-0.39, 0.29) is 5.91 Å². The van der Waals surface area contributed by atoms with Gasteiger partial charge in [0.05, 0.1) is 18.5 Å². The van der Waals surface area contributed by atoms with E-state index in [1.165, 1.54) is 5.56 Å². The Kier molecular flexibility index (Phi) is 6.63. The fraction of sp³-hybridized carbons (Fsp3) is 0.217. The number of carbonyl (C=O) groups is 1. The minimum absolute atomic E-state index is 0.234. The summed E-state index contributed by atoms with van der Waals surface area (Å²) < 4.78 is 5.41. The van der Waals surface area contributed by atoms with Crippen LogP contribution in [0.2, 0.25) is 0 Å². The number of carbonyl (C=O) groups excluding carboxylic acids is 1. The average molecular weight is 375 g/mol. The summed E-state index contributed by atoms with van der Waals surface area (Å²) in [4.78, 5) is 19.0. The molecule has 28 heavy (non-hydrogen) atoms. The van der Waals surface area contributed by atoms with Crippen LogP contribution in [0.3, 0.4) is 0 Å². The number of benzene rings is 2. The summed E-state index contributed by atoms with van der Waals surface area (Å²) in [7, 11) is 0. The van der Waals surface area contributed by atoms with Crippen LogP contribution in [0.25, 0.3) is 0 Å². The van der Waals surface area contributed by atoms with Gasteiger partial charge in [-0.15, -0.1) is 0 Å². The highest BCUT2D eigenvalue weighted by molar-refractivity contribution is 6.02. The average Bonchev–Trinajstić information content (AvgIpc) is 2.74. The molecule has 1 heterocycles. The van der Waals surface area contributed by atoms with E-state index in [9.17, 15) is 4.79 Å². The highest BCUT2D eigenvalue weighted by atomic mass is 16.5. The standard InChI is InChI=1S/C23H25N3O2/c1-3-26(17-18-8-6-5-7-9-18)20-12-15-22(24-16-20)23(27)25-19-10-13-21(14-11-19)28-4-2/h5-16H,3-4,17H2,1-2H3,(H,25,27). The first-order valence-electron chi connectivity index (χ1n) is 9.48. The number of nitrogens with one attached hydrogen (secondary N) is 1. The van der Waals surface area contributed by atoms with Crippen molar-refractivity contribution in [2.75, 3.05) is 23.4 Å². The summed E-state index contributed by atoms with van der Waals surface area (Å²) >= 11 is 0. The highest BCUT2D eigenvalue weighted by Crippen LogP contribution is 2.18. The molecule has 0 unspecified atom stereocenters. The van der Waals surface area contributed by atoms with Gasteiger partial charge in [-0.25, -0.2) is 4.98 Å². The van der Waals surface area contributed by atoms with Crippen molar-refractivity contribution < 1.29 is 9.53 Å². The molecular formula is C23H25N3O2. The summed E-state index contributed by atoms with van der Waals surface area (Å²) in [6.07, 6.45) is 1.75. The Morgan fingerprint density at radius 3 is 2.36 bits per heavy atom. The predicted octanol–water partition coefficient (Wildman–Crippen LogP) is 4.76. The van der Waals surface area contributed by atoms with E-state index in [0.717, 1.165) is 24.5 Å². The van der Waals surface area contributed by atoms with E-state index in [1.54, 1.807) is 12.3 Å². The maximum atomic E-state index is 12.4. The number of pyridine rings is 1. The van der Waals surface area contributed by atoms with Crippen LogP contribution in [0.1, 0.15) is 29.9 Å². The maximum absolute atomic E-state index is 12.4. The number of anilines is 2. The van der Waals surface area contributed by atoms with Gasteiger partial charge < -0.3 is 15.0 Å². The van der Waals surface area contributed by atoms with Crippen LogP contribution in [-0.2, 0) is 6.54 Å². The van der Waals surface area contributed by atoms with Crippen molar-refractivity contribution in [3.05, 3.63) is 84.2 Å². The Bertz CT molecular complexity index is 878. The Labute approximate surface area is 166 Å². The molecule has 0 atom stereocenters. The lowest BCUT2D eigenvalue weighted by Gasteiger charge is -2.23. The second kappa shape index (κ2) is 9.55. The third-order valence-corrected chi connectivity index (χ3v) is 4.37. The van der Waals surface area contributed by atoms with Gasteiger partial charge in [0.25, 0.3) is 5.91 Å². The van der Waals surface area contributed by atoms with Crippen LogP contribution < -0.4 is 15.0 Å². The Hall–Kier alpha value is -3.34. The number of hydrogen-bond donors (Lipinski definition) is 1. The fourth-order valence-corrected chi connectivity index (χ4v) is 2.89. The molecule has 1 aromatic heterocycles. The van der Waals surface area contributed by atoms with Gasteiger partial charge in [-0.1, -0.05) is 30.3 Å². The Morgan fingerprint density at radius 1 is 1.00 bits per heavy atom. The summed E-state index contributed by atoms with van der Waals surface area (Å²) in [6, 6.07) is 21.3. The van der Waals surface area contributed by atoms with Crippen LogP contribution in [-0.4, -0.2) is 24.0 Å². The largest absolute Gasteiger partial charge is 0.494 e. The van der Waals surface area contributed by atoms with Gasteiger partial charge in [0, 0.05) is 18.8 Å². The molecule has 0 radical (unpaired) electrons. The molecule has 144 valence electrons. The number of aromatic nitrogens is 1. The van der Waals surface area contributed by atoms with E-state index >= 15 is 0 Å². The number of hydrogen-bond acceptors (Lipinski definition) is 4. The van der Waals surface area contributed by atoms with E-state index in [0.29, 0.717) is 18.0 Å². The number of nitrogens with zero attached hydrogens (tertiary/aromatic N) is 2. The third kappa shape index (κ3) is 5.10. The van der Waals surface area contributed by atoms with Crippen LogP contribution in [0.4, 0.5) is 11.4 Å². The molecule has 5 heteroatoms. The van der Waals surface area contributed by atoms with Gasteiger partial charge in [0.15, 0.2) is 0 Å². The quantitative estimate of drug-likeness (QED) is 0.617. The van der Waals surface area contributed by atoms with Crippen LogP contribution in [0.5, 0.6) is 5.75 Å². The minimum Gasteiger partial charge on any atom is -0.494 e. The first-order valence-corrected chi connectivity index (χ1v) is 9.48. The zero-order valence-electron chi connectivity index (χ0n) is 16.3. The van der Waals surface area contributed by atoms with Crippen molar-refractivity contribution in [3.63, 3.8) is 0 Å². The lowest BCUT2D eigenvalue weighted by Crippen LogP contribution is -2.22. The Morgan fingerprint density at radius 2 is 1.75 bits per heavy atom. The molecule has 3 aromatic rings. The molecule has 0 saturated carbocycles. The molecule has 0 bridgehead atoms. The molecule has 3 rings (SSSR count). The monoisotopic (exact) mass is 375 g/mol. The summed E-state index contributed by atoms with van der Waals surface area (Å²) in [5, 5.41) is 2.86. The lowest BCUT2D eigenvalue weighted by molar-refractivity contribution is 0.102. The van der Waals surface area contributed by atoms with Gasteiger partial charge in [0.2, 0.25) is 0 Å². The zero-order chi connectivity index (χ0) is 19.8. The van der Waals surface area contributed by atoms with Gasteiger partial charge in [-0.3, -0.25) is 4.79 Å². The van der Waals surface area contributed by atoms with E-state index < -0.39 is 0 Å². The molecule has 0 fully saturated rings. The van der Waals surface area contributed by atoms with Crippen molar-refractivity contribution in [2.24, 2.45) is 0 Å². The smallest absolute Gasteiger partial charge is 0.274 e. The van der Waals surface area contributed by atoms with Crippen LogP contribution >= 0.6 is 0 Å². The van der Waals surface area contributed by atoms with E-state index in [1.807, 2.05) is 55.5 Å². The van der Waals surface area contributed by atoms with Crippen LogP contribution in [0, 0.1) is 0 Å². The van der Waals surface area contributed by atoms with Gasteiger partial charge in [-0.05, 0) is 55.8 Å². The number of amides is 1. The number of rotatable bonds is 8. The van der Waals surface area contributed by atoms with E-state index in [2.05, 4.69) is 34.3 Å². The topological polar surface area (TPSA) is 54.5 Å². The molecular weight excluding hydrogens is 350 g/mol. The Balaban J connectivity index is 1.64. The molecule has 5 nitrogen and oxygen atoms in total. The van der Waals surface area contributed by atoms with E-state index in [4.69, 9.17) is 4.74 Å². The molecule has 0 aliphatic carbocycles. The number of ether oxygens (including phenoxy) is 1. The molecule has 0 aliphatic heterocycles. The normalized spacial score (nSPS) is 10.4. The maximum Gasteiger partial charge on any atom is 0.274 e. The fourth-order valence-electron chi connectivity index (χ4n) is 2.89. The lowest BCUT2D eigenvalue weighted by atomic mass is 10.2. The molecule has 2 aromatic carbocycles. The third-order valence-electron chi connectivity index (χ3n) is 4.37. The van der Waals surface area contributed by atoms with Gasteiger partial charge in [0.1, 0.15) is 11.4 Å². The molecule has 1 amide bonds. The molecule has 0 spiro atoms. The predicted molar refractivity (Wildman–Crippen MR) is 113 cm³/mol. The summed E-state index contributed by atoms with van der Waals surface area (Å²) in [5.41, 5.74) is 3.32. The van der Waals surface area contributed by atoms with Crippen molar-refractivity contribution in [3.8, 4) is 5.75 Å². The second-order valence-electron chi connectivity index (χ2n) is 6.31. The van der Waals surface area contributed by atoms with Crippen molar-refractivity contribution in [2.45, 2.75) is 20.4 Å². The second-order valence-corrected chi connectivity index (χ2v) is 6.31. The first-order chi connectivity index (χ1) is 13.7. The minimum atomic E-state index is -0.234. The van der Waals surface area contributed by atoms with Crippen molar-refractivity contribution >= 4 is 17.3 Å². The zero-order valence-corrected chi connectivity index (χ0v) is 16.3. The SMILES string of the molecule is CCOc1ccc(NC(=O)c2ccc(N(CC)Cc3ccccc3)cn2)cc1. The molecule has 0 aliphatic rings. The summed E-state index contributed by atoms with van der Waals surface area (Å²) in [6.45, 7) is 6.31. The first kappa shape index (κ1) is 19.4. The van der Waals surface area contributed by atoms with Gasteiger partial charge >= 0.3 is 0 Å². The van der Waals surface area contributed by atoms with Gasteiger partial charge in [-0.2, -0.15) is 0 Å². The highest BCUT2D eigenvalue weighted by Gasteiger charge is 2.10. The molecule has 0 saturated heterocycles. The van der Waals surface area contributed by atoms with Crippen molar-refractivity contribution in [1.82, 2.24) is 4.98 Å². The van der Waals surface area contributed by atoms with Crippen LogP contribution in [0.15, 0.2) is 72.9 Å². The molecule has 1 N–H and O–H groups in total. The summed E-state index contributed by atoms with van der Waals surface area (Å²) in [5.74, 6) is 0.544. The van der Waals surface area contributed by atoms with Crippen molar-refractivity contribution in [1.29, 1.82) is 0 Å².